The maximum Gasteiger partial charge on any atom is 0.0291 e. The van der Waals surface area contributed by atoms with Crippen LogP contribution in [0.2, 0.25) is 0 Å². The average Bonchev–Trinajstić information content (AvgIpc) is 2.81. The molecule has 1 aliphatic rings. The fourth-order valence-corrected chi connectivity index (χ4v) is 3.27. The molecule has 0 radical (unpaired) electrons. The molecule has 18 heavy (non-hydrogen) atoms. The highest BCUT2D eigenvalue weighted by molar-refractivity contribution is 7.98. The van der Waals surface area contributed by atoms with E-state index in [2.05, 4.69) is 49.7 Å². The Morgan fingerprint density at radius 1 is 1.28 bits per heavy atom. The Kier molecular flexibility index (Phi) is 5.13. The van der Waals surface area contributed by atoms with E-state index in [1.165, 1.54) is 36.3 Å². The van der Waals surface area contributed by atoms with Gasteiger partial charge in [-0.1, -0.05) is 31.9 Å². The Morgan fingerprint density at radius 3 is 2.56 bits per heavy atom. The molecule has 0 aromatic heterocycles. The van der Waals surface area contributed by atoms with Crippen LogP contribution in [0.5, 0.6) is 0 Å². The predicted molar refractivity (Wildman–Crippen MR) is 81.1 cm³/mol. The molecule has 2 rings (SSSR count). The van der Waals surface area contributed by atoms with Gasteiger partial charge >= 0.3 is 0 Å². The molecule has 0 aliphatic heterocycles. The fourth-order valence-electron chi connectivity index (χ4n) is 2.86. The van der Waals surface area contributed by atoms with Gasteiger partial charge in [0.2, 0.25) is 0 Å². The van der Waals surface area contributed by atoms with Gasteiger partial charge in [0, 0.05) is 10.9 Å². The Bertz CT molecular complexity index is 360. The van der Waals surface area contributed by atoms with Crippen LogP contribution in [-0.2, 0) is 0 Å². The zero-order valence-electron chi connectivity index (χ0n) is 11.8. The molecule has 100 valence electrons. The molecule has 1 fully saturated rings. The van der Waals surface area contributed by atoms with Crippen LogP contribution in [0.4, 0.5) is 0 Å². The highest BCUT2D eigenvalue weighted by Crippen LogP contribution is 2.31. The summed E-state index contributed by atoms with van der Waals surface area (Å²) < 4.78 is 0. The molecule has 1 N–H and O–H groups in total. The van der Waals surface area contributed by atoms with Gasteiger partial charge in [-0.2, -0.15) is 0 Å². The van der Waals surface area contributed by atoms with Crippen molar-refractivity contribution in [2.75, 3.05) is 12.8 Å². The molecule has 1 aliphatic carbocycles. The van der Waals surface area contributed by atoms with Gasteiger partial charge in [-0.05, 0) is 55.7 Å². The van der Waals surface area contributed by atoms with Gasteiger partial charge in [0.25, 0.3) is 0 Å². The number of hydrogen-bond donors (Lipinski definition) is 1. The molecule has 0 saturated heterocycles. The van der Waals surface area contributed by atoms with E-state index in [9.17, 15) is 0 Å². The third-order valence-corrected chi connectivity index (χ3v) is 5.08. The van der Waals surface area contributed by atoms with Crippen LogP contribution in [0.25, 0.3) is 0 Å². The minimum Gasteiger partial charge on any atom is -0.310 e. The summed E-state index contributed by atoms with van der Waals surface area (Å²) in [5.74, 6) is 1.79. The third-order valence-electron chi connectivity index (χ3n) is 4.34. The first kappa shape index (κ1) is 14.0. The van der Waals surface area contributed by atoms with Crippen LogP contribution >= 0.6 is 11.8 Å². The number of thioether (sulfide) groups is 1. The SMILES string of the molecule is CSc1ccc(C(C)NCC2CCCC2C)cc1. The van der Waals surface area contributed by atoms with Crippen LogP contribution in [0.1, 0.15) is 44.7 Å². The van der Waals surface area contributed by atoms with Crippen LogP contribution in [0.3, 0.4) is 0 Å². The monoisotopic (exact) mass is 263 g/mol. The summed E-state index contributed by atoms with van der Waals surface area (Å²) in [5.41, 5.74) is 1.40. The number of hydrogen-bond acceptors (Lipinski definition) is 2. The maximum absolute atomic E-state index is 3.70. The fraction of sp³-hybridized carbons (Fsp3) is 0.625. The maximum atomic E-state index is 3.70. The van der Waals surface area contributed by atoms with Crippen molar-refractivity contribution >= 4 is 11.8 Å². The highest BCUT2D eigenvalue weighted by Gasteiger charge is 2.23. The molecule has 1 nitrogen and oxygen atoms in total. The van der Waals surface area contributed by atoms with Crippen molar-refractivity contribution in [2.45, 2.75) is 44.0 Å². The van der Waals surface area contributed by atoms with Gasteiger partial charge in [-0.25, -0.2) is 0 Å². The van der Waals surface area contributed by atoms with Crippen molar-refractivity contribution in [1.82, 2.24) is 5.32 Å². The summed E-state index contributed by atoms with van der Waals surface area (Å²) in [6.07, 6.45) is 6.37. The molecule has 0 amide bonds. The Morgan fingerprint density at radius 2 is 2.00 bits per heavy atom. The second-order valence-corrected chi connectivity index (χ2v) is 6.45. The van der Waals surface area contributed by atoms with E-state index in [1.54, 1.807) is 11.8 Å². The van der Waals surface area contributed by atoms with Gasteiger partial charge in [-0.15, -0.1) is 11.8 Å². The zero-order chi connectivity index (χ0) is 13.0. The first-order chi connectivity index (χ1) is 8.70. The minimum absolute atomic E-state index is 0.466. The standard InChI is InChI=1S/C16H25NS/c1-12-5-4-6-15(12)11-17-13(2)14-7-9-16(18-3)10-8-14/h7-10,12-13,15,17H,4-6,11H2,1-3H3. The first-order valence-corrected chi connectivity index (χ1v) is 8.30. The molecule has 1 saturated carbocycles. The summed E-state index contributed by atoms with van der Waals surface area (Å²) in [7, 11) is 0. The van der Waals surface area contributed by atoms with Crippen molar-refractivity contribution in [2.24, 2.45) is 11.8 Å². The van der Waals surface area contributed by atoms with Crippen molar-refractivity contribution in [1.29, 1.82) is 0 Å². The highest BCUT2D eigenvalue weighted by atomic mass is 32.2. The van der Waals surface area contributed by atoms with Crippen molar-refractivity contribution < 1.29 is 0 Å². The Labute approximate surface area is 116 Å². The molecule has 3 unspecified atom stereocenters. The quantitative estimate of drug-likeness (QED) is 0.785. The van der Waals surface area contributed by atoms with Crippen LogP contribution < -0.4 is 5.32 Å². The summed E-state index contributed by atoms with van der Waals surface area (Å²) in [6, 6.07) is 9.41. The van der Waals surface area contributed by atoms with E-state index in [1.807, 2.05) is 0 Å². The lowest BCUT2D eigenvalue weighted by Crippen LogP contribution is -2.26. The van der Waals surface area contributed by atoms with E-state index < -0.39 is 0 Å². The normalized spacial score (nSPS) is 25.3. The number of nitrogens with one attached hydrogen (secondary N) is 1. The van der Waals surface area contributed by atoms with Crippen molar-refractivity contribution in [3.8, 4) is 0 Å². The number of benzene rings is 1. The third kappa shape index (κ3) is 3.52. The van der Waals surface area contributed by atoms with Crippen LogP contribution in [0.15, 0.2) is 29.2 Å². The second-order valence-electron chi connectivity index (χ2n) is 5.57. The summed E-state index contributed by atoms with van der Waals surface area (Å²) in [6.45, 7) is 5.84. The van der Waals surface area contributed by atoms with Gasteiger partial charge < -0.3 is 5.32 Å². The predicted octanol–water partition coefficient (Wildman–Crippen LogP) is 4.50. The summed E-state index contributed by atoms with van der Waals surface area (Å²) >= 11 is 1.80. The first-order valence-electron chi connectivity index (χ1n) is 7.08. The zero-order valence-corrected chi connectivity index (χ0v) is 12.6. The molecule has 0 bridgehead atoms. The van der Waals surface area contributed by atoms with E-state index in [0.29, 0.717) is 6.04 Å². The lowest BCUT2D eigenvalue weighted by molar-refractivity contribution is 0.375. The molecule has 0 heterocycles. The van der Waals surface area contributed by atoms with Gasteiger partial charge in [0.05, 0.1) is 0 Å². The van der Waals surface area contributed by atoms with Crippen molar-refractivity contribution in [3.63, 3.8) is 0 Å². The number of rotatable bonds is 5. The summed E-state index contributed by atoms with van der Waals surface area (Å²) in [5, 5.41) is 3.70. The lowest BCUT2D eigenvalue weighted by atomic mass is 9.97. The van der Waals surface area contributed by atoms with E-state index in [0.717, 1.165) is 11.8 Å². The molecule has 2 heteroatoms. The summed E-state index contributed by atoms with van der Waals surface area (Å²) in [4.78, 5) is 1.34. The van der Waals surface area contributed by atoms with E-state index in [4.69, 9.17) is 0 Å². The Balaban J connectivity index is 1.84. The smallest absolute Gasteiger partial charge is 0.0291 e. The van der Waals surface area contributed by atoms with Gasteiger partial charge in [0.15, 0.2) is 0 Å². The molecular formula is C16H25NS. The molecular weight excluding hydrogens is 238 g/mol. The largest absolute Gasteiger partial charge is 0.310 e. The molecule has 3 atom stereocenters. The Hall–Kier alpha value is -0.470. The minimum atomic E-state index is 0.466. The van der Waals surface area contributed by atoms with Crippen molar-refractivity contribution in [3.05, 3.63) is 29.8 Å². The van der Waals surface area contributed by atoms with Crippen LogP contribution in [0, 0.1) is 11.8 Å². The average molecular weight is 263 g/mol. The second kappa shape index (κ2) is 6.63. The van der Waals surface area contributed by atoms with Crippen LogP contribution in [-0.4, -0.2) is 12.8 Å². The van der Waals surface area contributed by atoms with E-state index >= 15 is 0 Å². The topological polar surface area (TPSA) is 12.0 Å². The van der Waals surface area contributed by atoms with Gasteiger partial charge in [0.1, 0.15) is 0 Å². The van der Waals surface area contributed by atoms with Gasteiger partial charge in [-0.3, -0.25) is 0 Å². The molecule has 1 aromatic rings. The molecule has 0 spiro atoms. The lowest BCUT2D eigenvalue weighted by Gasteiger charge is -2.20. The molecule has 1 aromatic carbocycles. The van der Waals surface area contributed by atoms with E-state index in [-0.39, 0.29) is 0 Å².